The van der Waals surface area contributed by atoms with E-state index in [0.717, 1.165) is 110 Å². The molecule has 4 aromatic heterocycles. The van der Waals surface area contributed by atoms with Crippen LogP contribution in [0.1, 0.15) is 0 Å². The Bertz CT molecular complexity index is 3310. The second-order valence-electron chi connectivity index (χ2n) is 13.4. The van der Waals surface area contributed by atoms with Gasteiger partial charge in [-0.05, 0) is 93.7 Å². The maximum Gasteiger partial charge on any atom is 0.136 e. The van der Waals surface area contributed by atoms with E-state index in [-0.39, 0.29) is 0 Å². The first-order valence-corrected chi connectivity index (χ1v) is 16.3. The van der Waals surface area contributed by atoms with Crippen LogP contribution in [-0.2, 0) is 0 Å². The van der Waals surface area contributed by atoms with Crippen molar-refractivity contribution in [1.29, 1.82) is 0 Å². The quantitative estimate of drug-likeness (QED) is 0.186. The molecule has 0 saturated heterocycles. The summed E-state index contributed by atoms with van der Waals surface area (Å²) in [5.74, 6) is 0. The summed E-state index contributed by atoms with van der Waals surface area (Å²) in [6.45, 7) is 0. The molecule has 0 saturated carbocycles. The third kappa shape index (κ3) is 2.30. The summed E-state index contributed by atoms with van der Waals surface area (Å²) in [6.07, 6.45) is 0. The number of fused-ring (bicyclic) bond motifs is 2. The molecule has 0 fully saturated rings. The molecule has 48 heavy (non-hydrogen) atoms. The Labute approximate surface area is 268 Å². The van der Waals surface area contributed by atoms with Crippen LogP contribution in [0.2, 0.25) is 0 Å². The SMILES string of the molecule is c1cc2c3c(c1)oc1ccc4ccc5oc6ccc(-c7ccc8oc9ccc%10ccc%11oc%12cccc%13c%12c%11c%10c9c8c7-%13)c-2c6c5c4c13. The van der Waals surface area contributed by atoms with Crippen molar-refractivity contribution in [3.63, 3.8) is 0 Å². The van der Waals surface area contributed by atoms with Gasteiger partial charge in [-0.25, -0.2) is 0 Å². The van der Waals surface area contributed by atoms with Crippen molar-refractivity contribution in [3.05, 3.63) is 109 Å². The van der Waals surface area contributed by atoms with Crippen LogP contribution in [0.5, 0.6) is 0 Å². The summed E-state index contributed by atoms with van der Waals surface area (Å²) < 4.78 is 26.4. The van der Waals surface area contributed by atoms with Gasteiger partial charge < -0.3 is 17.7 Å². The second-order valence-corrected chi connectivity index (χ2v) is 13.4. The van der Waals surface area contributed by atoms with Gasteiger partial charge in [0.25, 0.3) is 0 Å². The molecule has 14 rings (SSSR count). The number of furan rings is 4. The zero-order valence-corrected chi connectivity index (χ0v) is 25.0. The Morgan fingerprint density at radius 2 is 0.562 bits per heavy atom. The molecule has 0 atom stereocenters. The summed E-state index contributed by atoms with van der Waals surface area (Å²) in [5, 5.41) is 14.0. The van der Waals surface area contributed by atoms with E-state index in [4.69, 9.17) is 17.7 Å². The van der Waals surface area contributed by atoms with Gasteiger partial charge in [-0.3, -0.25) is 0 Å². The highest BCUT2D eigenvalue weighted by Crippen LogP contribution is 2.57. The normalized spacial score (nSPS) is 13.4. The molecule has 0 amide bonds. The van der Waals surface area contributed by atoms with Gasteiger partial charge in [0.2, 0.25) is 0 Å². The summed E-state index contributed by atoms with van der Waals surface area (Å²) in [7, 11) is 0. The van der Waals surface area contributed by atoms with Crippen LogP contribution in [-0.4, -0.2) is 0 Å². The third-order valence-electron chi connectivity index (χ3n) is 11.3. The van der Waals surface area contributed by atoms with E-state index in [1.807, 2.05) is 0 Å². The van der Waals surface area contributed by atoms with Gasteiger partial charge in [0.05, 0.1) is 0 Å². The standard InChI is InChI=1S/C44H18O4/c1-3-23-35-21(11-17-31-43(35)41-29(47-31)15-9-19-7-13-27-39(33(19)41)37(23)25(5-1)45-27)22-12-18-32-44-36(22)24-4-2-6-26-38(24)40-28(46-26)14-8-20-10-16-30(48-32)42(44)34(20)40/h1-18H. The summed E-state index contributed by atoms with van der Waals surface area (Å²) >= 11 is 0. The van der Waals surface area contributed by atoms with Gasteiger partial charge in [-0.2, -0.15) is 0 Å². The molecule has 0 N–H and O–H groups in total. The van der Waals surface area contributed by atoms with Crippen LogP contribution in [0.4, 0.5) is 0 Å². The Morgan fingerprint density at radius 3 is 0.979 bits per heavy atom. The van der Waals surface area contributed by atoms with E-state index in [1.165, 1.54) is 32.7 Å². The highest BCUT2D eigenvalue weighted by atomic mass is 16.3. The molecule has 0 bridgehead atoms. The van der Waals surface area contributed by atoms with Crippen molar-refractivity contribution in [2.75, 3.05) is 0 Å². The Morgan fingerprint density at radius 1 is 0.229 bits per heavy atom. The fourth-order valence-corrected chi connectivity index (χ4v) is 9.57. The molecule has 0 aliphatic heterocycles. The molecule has 0 spiro atoms. The number of rotatable bonds is 1. The summed E-state index contributed by atoms with van der Waals surface area (Å²) in [6, 6.07) is 38.9. The highest BCUT2D eigenvalue weighted by molar-refractivity contribution is 6.40. The van der Waals surface area contributed by atoms with E-state index in [1.54, 1.807) is 0 Å². The van der Waals surface area contributed by atoms with E-state index in [0.29, 0.717) is 0 Å². The van der Waals surface area contributed by atoms with E-state index >= 15 is 0 Å². The fraction of sp³-hybridized carbons (Fsp3) is 0. The lowest BCUT2D eigenvalue weighted by Crippen LogP contribution is -1.91. The maximum atomic E-state index is 6.64. The molecule has 12 aromatic rings. The predicted molar refractivity (Wildman–Crippen MR) is 194 cm³/mol. The molecular formula is C44H18O4. The molecule has 2 aliphatic carbocycles. The van der Waals surface area contributed by atoms with Gasteiger partial charge in [0.1, 0.15) is 44.7 Å². The smallest absolute Gasteiger partial charge is 0.136 e. The molecule has 2 aliphatic rings. The Hall–Kier alpha value is -6.52. The highest BCUT2D eigenvalue weighted by Gasteiger charge is 2.31. The van der Waals surface area contributed by atoms with Gasteiger partial charge in [-0.1, -0.05) is 48.5 Å². The minimum atomic E-state index is 0.890. The number of hydrogen-bond donors (Lipinski definition) is 0. The van der Waals surface area contributed by atoms with E-state index < -0.39 is 0 Å². The van der Waals surface area contributed by atoms with Gasteiger partial charge >= 0.3 is 0 Å². The fourth-order valence-electron chi connectivity index (χ4n) is 9.57. The average Bonchev–Trinajstić information content (AvgIpc) is 3.85. The number of hydrogen-bond acceptors (Lipinski definition) is 4. The average molecular weight is 611 g/mol. The van der Waals surface area contributed by atoms with Crippen molar-refractivity contribution in [3.8, 4) is 33.4 Å². The van der Waals surface area contributed by atoms with Gasteiger partial charge in [0.15, 0.2) is 0 Å². The van der Waals surface area contributed by atoms with Crippen molar-refractivity contribution < 1.29 is 17.7 Å². The number of benzene rings is 8. The van der Waals surface area contributed by atoms with Crippen LogP contribution in [0, 0.1) is 0 Å². The van der Waals surface area contributed by atoms with E-state index in [2.05, 4.69) is 109 Å². The van der Waals surface area contributed by atoms with Crippen molar-refractivity contribution in [2.24, 2.45) is 0 Å². The largest absolute Gasteiger partial charge is 0.456 e. The lowest BCUT2D eigenvalue weighted by molar-refractivity contribution is 0.668. The van der Waals surface area contributed by atoms with E-state index in [9.17, 15) is 0 Å². The molecule has 4 heterocycles. The first kappa shape index (κ1) is 22.9. The van der Waals surface area contributed by atoms with Crippen LogP contribution in [0.25, 0.3) is 143 Å². The monoisotopic (exact) mass is 610 g/mol. The summed E-state index contributed by atoms with van der Waals surface area (Å²) in [5.41, 5.74) is 14.1. The zero-order valence-electron chi connectivity index (χ0n) is 25.0. The lowest BCUT2D eigenvalue weighted by Gasteiger charge is -2.17. The lowest BCUT2D eigenvalue weighted by atomic mass is 9.85. The molecular weight excluding hydrogens is 592 g/mol. The first-order valence-electron chi connectivity index (χ1n) is 16.3. The first-order chi connectivity index (χ1) is 23.8. The molecule has 8 aromatic carbocycles. The Balaban J connectivity index is 1.26. The third-order valence-corrected chi connectivity index (χ3v) is 11.3. The van der Waals surface area contributed by atoms with Crippen LogP contribution >= 0.6 is 0 Å². The minimum Gasteiger partial charge on any atom is -0.456 e. The molecule has 218 valence electrons. The molecule has 4 heteroatoms. The van der Waals surface area contributed by atoms with Crippen LogP contribution in [0.3, 0.4) is 0 Å². The maximum absolute atomic E-state index is 6.64. The predicted octanol–water partition coefficient (Wildman–Crippen LogP) is 13.2. The van der Waals surface area contributed by atoms with Crippen molar-refractivity contribution in [1.82, 2.24) is 0 Å². The van der Waals surface area contributed by atoms with Crippen LogP contribution in [0.15, 0.2) is 127 Å². The van der Waals surface area contributed by atoms with Crippen molar-refractivity contribution in [2.45, 2.75) is 0 Å². The topological polar surface area (TPSA) is 52.6 Å². The van der Waals surface area contributed by atoms with Crippen LogP contribution < -0.4 is 0 Å². The second kappa shape index (κ2) is 7.22. The van der Waals surface area contributed by atoms with Crippen molar-refractivity contribution >= 4 is 109 Å². The molecule has 0 radical (unpaired) electrons. The molecule has 4 nitrogen and oxygen atoms in total. The van der Waals surface area contributed by atoms with Gasteiger partial charge in [0, 0.05) is 65.0 Å². The zero-order chi connectivity index (χ0) is 30.6. The molecule has 0 unspecified atom stereocenters. The Kier molecular flexibility index (Phi) is 3.44. The van der Waals surface area contributed by atoms with Gasteiger partial charge in [-0.15, -0.1) is 0 Å². The minimum absolute atomic E-state index is 0.890. The summed E-state index contributed by atoms with van der Waals surface area (Å²) in [4.78, 5) is 0.